The molecule has 0 aromatic carbocycles. The molecule has 8 heteroatoms. The number of aromatic nitrogens is 3. The van der Waals surface area contributed by atoms with E-state index in [-0.39, 0.29) is 5.91 Å². The summed E-state index contributed by atoms with van der Waals surface area (Å²) in [6.07, 6.45) is 6.82. The molecule has 27 heavy (non-hydrogen) atoms. The summed E-state index contributed by atoms with van der Waals surface area (Å²) in [6.45, 7) is 3.30. The molecule has 0 bridgehead atoms. The number of anilines is 2. The first-order valence-electron chi connectivity index (χ1n) is 8.83. The van der Waals surface area contributed by atoms with E-state index in [2.05, 4.69) is 25.2 Å². The maximum absolute atomic E-state index is 12.4. The molecule has 0 spiro atoms. The molecule has 138 valence electrons. The Kier molecular flexibility index (Phi) is 4.95. The highest BCUT2D eigenvalue weighted by atomic mass is 16.3. The number of carbonyl (C=O) groups is 1. The molecule has 8 nitrogen and oxygen atoms in total. The van der Waals surface area contributed by atoms with Crippen molar-refractivity contribution in [2.45, 2.75) is 6.54 Å². The molecule has 0 radical (unpaired) electrons. The van der Waals surface area contributed by atoms with E-state index in [1.54, 1.807) is 29.4 Å². The number of amides is 1. The average molecular weight is 364 g/mol. The summed E-state index contributed by atoms with van der Waals surface area (Å²) in [5, 5.41) is 3.22. The molecule has 0 aliphatic carbocycles. The largest absolute Gasteiger partial charge is 0.459 e. The summed E-state index contributed by atoms with van der Waals surface area (Å²) in [5.41, 5.74) is 1.07. The lowest BCUT2D eigenvalue weighted by atomic mass is 10.3. The van der Waals surface area contributed by atoms with Crippen molar-refractivity contribution in [3.63, 3.8) is 0 Å². The molecule has 4 heterocycles. The fraction of sp³-hybridized carbons (Fsp3) is 0.263. The molecule has 1 aliphatic rings. The van der Waals surface area contributed by atoms with Gasteiger partial charge in [-0.25, -0.2) is 4.98 Å². The number of furan rings is 1. The molecule has 1 N–H and O–H groups in total. The number of carbonyl (C=O) groups excluding carboxylic acids is 1. The second kappa shape index (κ2) is 7.86. The van der Waals surface area contributed by atoms with Gasteiger partial charge in [0, 0.05) is 51.3 Å². The van der Waals surface area contributed by atoms with E-state index in [4.69, 9.17) is 4.42 Å². The summed E-state index contributed by atoms with van der Waals surface area (Å²) in [5.74, 6) is 1.74. The lowest BCUT2D eigenvalue weighted by Crippen LogP contribution is -2.49. The maximum atomic E-state index is 12.4. The van der Waals surface area contributed by atoms with Crippen LogP contribution in [0.25, 0.3) is 0 Å². The Balaban J connectivity index is 1.35. The van der Waals surface area contributed by atoms with Gasteiger partial charge in [-0.1, -0.05) is 6.07 Å². The summed E-state index contributed by atoms with van der Waals surface area (Å²) < 4.78 is 5.20. The van der Waals surface area contributed by atoms with Gasteiger partial charge in [0.2, 0.25) is 5.95 Å². The van der Waals surface area contributed by atoms with E-state index in [0.717, 1.165) is 11.4 Å². The Labute approximate surface area is 156 Å². The Bertz CT molecular complexity index is 876. The van der Waals surface area contributed by atoms with Crippen LogP contribution in [-0.4, -0.2) is 51.9 Å². The van der Waals surface area contributed by atoms with Crippen LogP contribution in [0, 0.1) is 0 Å². The Morgan fingerprint density at radius 2 is 2.00 bits per heavy atom. The Morgan fingerprint density at radius 1 is 1.11 bits per heavy atom. The van der Waals surface area contributed by atoms with Crippen molar-refractivity contribution in [2.75, 3.05) is 36.4 Å². The topological polar surface area (TPSA) is 87.4 Å². The van der Waals surface area contributed by atoms with Crippen molar-refractivity contribution in [1.29, 1.82) is 0 Å². The van der Waals surface area contributed by atoms with Crippen LogP contribution in [0.15, 0.2) is 59.6 Å². The summed E-state index contributed by atoms with van der Waals surface area (Å²) in [6, 6.07) is 9.21. The molecule has 4 rings (SSSR count). The molecule has 1 fully saturated rings. The van der Waals surface area contributed by atoms with E-state index >= 15 is 0 Å². The monoisotopic (exact) mass is 364 g/mol. The van der Waals surface area contributed by atoms with Gasteiger partial charge in [-0.15, -0.1) is 0 Å². The highest BCUT2D eigenvalue weighted by Crippen LogP contribution is 2.16. The molecule has 3 aromatic heterocycles. The fourth-order valence-corrected chi connectivity index (χ4v) is 2.99. The molecular formula is C19H20N6O2. The highest BCUT2D eigenvalue weighted by molar-refractivity contribution is 5.91. The third-order valence-corrected chi connectivity index (χ3v) is 4.44. The van der Waals surface area contributed by atoms with Crippen LogP contribution in [0.3, 0.4) is 0 Å². The summed E-state index contributed by atoms with van der Waals surface area (Å²) in [7, 11) is 0. The van der Waals surface area contributed by atoms with Gasteiger partial charge in [0.15, 0.2) is 5.76 Å². The zero-order chi connectivity index (χ0) is 18.5. The number of nitrogens with zero attached hydrogens (tertiary/aromatic N) is 5. The standard InChI is InChI=1S/C19H20N6O2/c26-18(16-4-2-12-27-16)25-10-8-24(9-11-25)17-5-7-21-19(23-17)22-14-15-3-1-6-20-13-15/h1-7,12-13H,8-11,14H2,(H,21,22,23). The van der Waals surface area contributed by atoms with Gasteiger partial charge < -0.3 is 19.5 Å². The van der Waals surface area contributed by atoms with Gasteiger partial charge in [-0.3, -0.25) is 9.78 Å². The van der Waals surface area contributed by atoms with Gasteiger partial charge in [0.25, 0.3) is 5.91 Å². The van der Waals surface area contributed by atoms with E-state index in [0.29, 0.717) is 44.4 Å². The van der Waals surface area contributed by atoms with Crippen LogP contribution in [0.1, 0.15) is 16.1 Å². The molecule has 0 atom stereocenters. The van der Waals surface area contributed by atoms with Gasteiger partial charge >= 0.3 is 0 Å². The van der Waals surface area contributed by atoms with Crippen molar-refractivity contribution >= 4 is 17.7 Å². The Hall–Kier alpha value is -3.42. The van der Waals surface area contributed by atoms with E-state index in [1.165, 1.54) is 6.26 Å². The third kappa shape index (κ3) is 4.05. The van der Waals surface area contributed by atoms with Crippen molar-refractivity contribution in [1.82, 2.24) is 19.9 Å². The predicted molar refractivity (Wildman–Crippen MR) is 100 cm³/mol. The average Bonchev–Trinajstić information content (AvgIpc) is 3.28. The SMILES string of the molecule is O=C(c1ccco1)N1CCN(c2ccnc(NCc3cccnc3)n2)CC1. The number of hydrogen-bond acceptors (Lipinski definition) is 7. The molecule has 0 unspecified atom stereocenters. The van der Waals surface area contributed by atoms with Crippen LogP contribution >= 0.6 is 0 Å². The fourth-order valence-electron chi connectivity index (χ4n) is 2.99. The van der Waals surface area contributed by atoms with Gasteiger partial charge in [0.1, 0.15) is 5.82 Å². The molecule has 0 saturated carbocycles. The predicted octanol–water partition coefficient (Wildman–Crippen LogP) is 2.04. The second-order valence-electron chi connectivity index (χ2n) is 6.21. The highest BCUT2D eigenvalue weighted by Gasteiger charge is 2.24. The molecule has 3 aromatic rings. The van der Waals surface area contributed by atoms with Crippen molar-refractivity contribution in [3.05, 3.63) is 66.5 Å². The molecule has 1 amide bonds. The first-order chi connectivity index (χ1) is 13.3. The molecule has 1 aliphatic heterocycles. The normalized spacial score (nSPS) is 14.2. The lowest BCUT2D eigenvalue weighted by molar-refractivity contribution is 0.0714. The number of pyridine rings is 1. The molecule has 1 saturated heterocycles. The van der Waals surface area contributed by atoms with Crippen LogP contribution in [0.4, 0.5) is 11.8 Å². The van der Waals surface area contributed by atoms with E-state index in [1.807, 2.05) is 24.4 Å². The first kappa shape index (κ1) is 17.0. The number of hydrogen-bond donors (Lipinski definition) is 1. The lowest BCUT2D eigenvalue weighted by Gasteiger charge is -2.35. The summed E-state index contributed by atoms with van der Waals surface area (Å²) >= 11 is 0. The summed E-state index contributed by atoms with van der Waals surface area (Å²) in [4.78, 5) is 29.3. The smallest absolute Gasteiger partial charge is 0.289 e. The minimum atomic E-state index is -0.0684. The molecular weight excluding hydrogens is 344 g/mol. The minimum absolute atomic E-state index is 0.0684. The number of rotatable bonds is 5. The Morgan fingerprint density at radius 3 is 2.74 bits per heavy atom. The quantitative estimate of drug-likeness (QED) is 0.741. The van der Waals surface area contributed by atoms with E-state index in [9.17, 15) is 4.79 Å². The van der Waals surface area contributed by atoms with Crippen molar-refractivity contribution in [3.8, 4) is 0 Å². The zero-order valence-corrected chi connectivity index (χ0v) is 14.8. The van der Waals surface area contributed by atoms with Gasteiger partial charge in [0.05, 0.1) is 6.26 Å². The first-order valence-corrected chi connectivity index (χ1v) is 8.83. The van der Waals surface area contributed by atoms with Crippen LogP contribution in [-0.2, 0) is 6.54 Å². The van der Waals surface area contributed by atoms with Crippen LogP contribution in [0.5, 0.6) is 0 Å². The third-order valence-electron chi connectivity index (χ3n) is 4.44. The second-order valence-corrected chi connectivity index (χ2v) is 6.21. The van der Waals surface area contributed by atoms with E-state index < -0.39 is 0 Å². The maximum Gasteiger partial charge on any atom is 0.289 e. The zero-order valence-electron chi connectivity index (χ0n) is 14.8. The van der Waals surface area contributed by atoms with Gasteiger partial charge in [-0.05, 0) is 29.8 Å². The minimum Gasteiger partial charge on any atom is -0.459 e. The van der Waals surface area contributed by atoms with Crippen molar-refractivity contribution in [2.24, 2.45) is 0 Å². The van der Waals surface area contributed by atoms with Crippen molar-refractivity contribution < 1.29 is 9.21 Å². The van der Waals surface area contributed by atoms with Gasteiger partial charge in [-0.2, -0.15) is 4.98 Å². The van der Waals surface area contributed by atoms with Crippen LogP contribution < -0.4 is 10.2 Å². The number of nitrogens with one attached hydrogen (secondary N) is 1. The van der Waals surface area contributed by atoms with Crippen LogP contribution in [0.2, 0.25) is 0 Å². The number of piperazine rings is 1.